The van der Waals surface area contributed by atoms with Gasteiger partial charge in [-0.05, 0) is 52.1 Å². The fourth-order valence-electron chi connectivity index (χ4n) is 2.96. The molecule has 1 fully saturated rings. The molecule has 172 valence electrons. The second kappa shape index (κ2) is 10.3. The number of oxazole rings is 1. The van der Waals surface area contributed by atoms with Crippen LogP contribution in [0.2, 0.25) is 0 Å². The molecule has 2 amide bonds. The number of halogens is 3. The number of nitrogens with one attached hydrogen (secondary N) is 1. The molecule has 0 saturated carbocycles. The van der Waals surface area contributed by atoms with Crippen molar-refractivity contribution in [2.75, 3.05) is 39.1 Å². The molecule has 3 rings (SSSR count). The van der Waals surface area contributed by atoms with Crippen LogP contribution in [0.15, 0.2) is 22.6 Å². The van der Waals surface area contributed by atoms with Crippen molar-refractivity contribution < 1.29 is 37.0 Å². The van der Waals surface area contributed by atoms with Gasteiger partial charge in [0.2, 0.25) is 0 Å². The second-order valence-electron chi connectivity index (χ2n) is 7.01. The molecule has 0 spiro atoms. The van der Waals surface area contributed by atoms with Crippen LogP contribution in [-0.2, 0) is 4.79 Å². The van der Waals surface area contributed by atoms with Crippen LogP contribution in [0, 0.1) is 0 Å². The molecule has 0 aliphatic carbocycles. The van der Waals surface area contributed by atoms with E-state index in [1.54, 1.807) is 12.1 Å². The smallest absolute Gasteiger partial charge is 0.475 e. The number of amides is 2. The van der Waals surface area contributed by atoms with Crippen molar-refractivity contribution >= 4 is 28.8 Å². The average Bonchev–Trinajstić information content (AvgIpc) is 3.09. The summed E-state index contributed by atoms with van der Waals surface area (Å²) in [7, 11) is 4.17. The summed E-state index contributed by atoms with van der Waals surface area (Å²) in [6.45, 7) is 3.92. The summed E-state index contributed by atoms with van der Waals surface area (Å²) in [5.41, 5.74) is 2.02. The number of hydrogen-bond donors (Lipinski definition) is 2. The largest absolute Gasteiger partial charge is 0.490 e. The molecular weight excluding hydrogens is 421 g/mol. The molecule has 9 nitrogen and oxygen atoms in total. The van der Waals surface area contributed by atoms with Gasteiger partial charge in [0.25, 0.3) is 0 Å². The highest BCUT2D eigenvalue weighted by Crippen LogP contribution is 2.24. The number of carbonyl (C=O) groups excluding carboxylic acids is 1. The fourth-order valence-corrected chi connectivity index (χ4v) is 2.96. The molecule has 1 aliphatic rings. The lowest BCUT2D eigenvalue weighted by Gasteiger charge is -2.35. The topological polar surface area (TPSA) is 108 Å². The molecule has 1 aliphatic heterocycles. The van der Waals surface area contributed by atoms with Crippen LogP contribution in [0.3, 0.4) is 0 Å². The van der Waals surface area contributed by atoms with Crippen molar-refractivity contribution in [2.45, 2.75) is 32.0 Å². The number of piperidine rings is 1. The number of fused-ring (bicyclic) bond motifs is 1. The summed E-state index contributed by atoms with van der Waals surface area (Å²) in [5.74, 6) is -2.76. The number of aromatic nitrogens is 1. The van der Waals surface area contributed by atoms with Gasteiger partial charge in [-0.3, -0.25) is 0 Å². The Labute approximate surface area is 176 Å². The van der Waals surface area contributed by atoms with Crippen molar-refractivity contribution in [3.8, 4) is 6.08 Å². The SMILES string of the molecule is CCOc1nc2cc(NC(=O)N3CCC(N(C)C)CC3)ccc2o1.O=C(O)C(F)(F)F. The highest BCUT2D eigenvalue weighted by Gasteiger charge is 2.38. The number of carboxylic acid groups (broad SMARTS) is 1. The van der Waals surface area contributed by atoms with Crippen molar-refractivity contribution in [1.82, 2.24) is 14.8 Å². The minimum absolute atomic E-state index is 0.0694. The van der Waals surface area contributed by atoms with E-state index in [1.807, 2.05) is 17.9 Å². The van der Waals surface area contributed by atoms with Crippen LogP contribution in [0.25, 0.3) is 11.1 Å². The van der Waals surface area contributed by atoms with Crippen molar-refractivity contribution in [2.24, 2.45) is 0 Å². The number of urea groups is 1. The third kappa shape index (κ3) is 7.02. The Morgan fingerprint density at radius 1 is 1.32 bits per heavy atom. The molecule has 1 aromatic heterocycles. The van der Waals surface area contributed by atoms with Crippen LogP contribution >= 0.6 is 0 Å². The van der Waals surface area contributed by atoms with Crippen LogP contribution < -0.4 is 10.1 Å². The maximum absolute atomic E-state index is 12.4. The zero-order valence-electron chi connectivity index (χ0n) is 17.4. The molecule has 0 bridgehead atoms. The highest BCUT2D eigenvalue weighted by atomic mass is 19.4. The minimum atomic E-state index is -5.08. The number of rotatable bonds is 4. The van der Waals surface area contributed by atoms with E-state index in [-0.39, 0.29) is 12.1 Å². The number of ether oxygens (including phenoxy) is 1. The first-order valence-corrected chi connectivity index (χ1v) is 9.57. The zero-order valence-corrected chi connectivity index (χ0v) is 17.4. The summed E-state index contributed by atoms with van der Waals surface area (Å²) in [4.78, 5) is 29.7. The summed E-state index contributed by atoms with van der Waals surface area (Å²) in [5, 5.41) is 10.1. The number of carbonyl (C=O) groups is 2. The lowest BCUT2D eigenvalue weighted by molar-refractivity contribution is -0.192. The van der Waals surface area contributed by atoms with E-state index >= 15 is 0 Å². The van der Waals surface area contributed by atoms with Gasteiger partial charge in [-0.1, -0.05) is 0 Å². The molecule has 0 unspecified atom stereocenters. The Morgan fingerprint density at radius 2 is 1.94 bits per heavy atom. The van der Waals surface area contributed by atoms with Gasteiger partial charge in [-0.15, -0.1) is 0 Å². The highest BCUT2D eigenvalue weighted by molar-refractivity contribution is 5.91. The zero-order chi connectivity index (χ0) is 23.2. The minimum Gasteiger partial charge on any atom is -0.475 e. The molecular formula is C19H25F3N4O5. The molecule has 2 heterocycles. The third-order valence-corrected chi connectivity index (χ3v) is 4.61. The van der Waals surface area contributed by atoms with E-state index in [0.717, 1.165) is 25.9 Å². The standard InChI is InChI=1S/C17H24N4O3.C2HF3O2/c1-4-23-17-19-14-11-12(5-6-15(14)24-17)18-16(22)21-9-7-13(8-10-21)20(2)3;3-2(4,5)1(6)7/h5-6,11,13H,4,7-10H2,1-3H3,(H,18,22);(H,6,7). The van der Waals surface area contributed by atoms with Gasteiger partial charge >= 0.3 is 24.3 Å². The van der Waals surface area contributed by atoms with Gasteiger partial charge in [0, 0.05) is 24.8 Å². The van der Waals surface area contributed by atoms with E-state index in [9.17, 15) is 18.0 Å². The number of benzene rings is 1. The fraction of sp³-hybridized carbons (Fsp3) is 0.526. The van der Waals surface area contributed by atoms with E-state index < -0.39 is 12.1 Å². The molecule has 2 aromatic rings. The van der Waals surface area contributed by atoms with Crippen LogP contribution in [-0.4, -0.2) is 77.9 Å². The van der Waals surface area contributed by atoms with Gasteiger partial charge < -0.3 is 29.4 Å². The van der Waals surface area contributed by atoms with Gasteiger partial charge in [-0.2, -0.15) is 18.2 Å². The van der Waals surface area contributed by atoms with Crippen molar-refractivity contribution in [3.05, 3.63) is 18.2 Å². The molecule has 1 saturated heterocycles. The van der Waals surface area contributed by atoms with E-state index in [2.05, 4.69) is 29.3 Å². The molecule has 1 aromatic carbocycles. The lowest BCUT2D eigenvalue weighted by atomic mass is 10.0. The molecule has 0 radical (unpaired) electrons. The second-order valence-corrected chi connectivity index (χ2v) is 7.01. The maximum Gasteiger partial charge on any atom is 0.490 e. The van der Waals surface area contributed by atoms with E-state index in [0.29, 0.717) is 29.4 Å². The summed E-state index contributed by atoms with van der Waals surface area (Å²) in [6.07, 6.45) is -2.83. The lowest BCUT2D eigenvalue weighted by Crippen LogP contribution is -2.46. The monoisotopic (exact) mass is 446 g/mol. The third-order valence-electron chi connectivity index (χ3n) is 4.61. The van der Waals surface area contributed by atoms with Crippen molar-refractivity contribution in [3.63, 3.8) is 0 Å². The number of anilines is 1. The van der Waals surface area contributed by atoms with Gasteiger partial charge in [0.1, 0.15) is 5.52 Å². The summed E-state index contributed by atoms with van der Waals surface area (Å²) >= 11 is 0. The predicted molar refractivity (Wildman–Crippen MR) is 106 cm³/mol. The van der Waals surface area contributed by atoms with Crippen LogP contribution in [0.4, 0.5) is 23.7 Å². The first-order valence-electron chi connectivity index (χ1n) is 9.57. The molecule has 2 N–H and O–H groups in total. The van der Waals surface area contributed by atoms with Crippen molar-refractivity contribution in [1.29, 1.82) is 0 Å². The number of carboxylic acids is 1. The van der Waals surface area contributed by atoms with Crippen LogP contribution in [0.5, 0.6) is 6.08 Å². The van der Waals surface area contributed by atoms with Crippen LogP contribution in [0.1, 0.15) is 19.8 Å². The normalized spacial score (nSPS) is 14.9. The number of likely N-dealkylation sites (tertiary alicyclic amines) is 1. The van der Waals surface area contributed by atoms with E-state index in [4.69, 9.17) is 19.1 Å². The quantitative estimate of drug-likeness (QED) is 0.741. The Morgan fingerprint density at radius 3 is 2.45 bits per heavy atom. The predicted octanol–water partition coefficient (Wildman–Crippen LogP) is 3.42. The number of hydrogen-bond acceptors (Lipinski definition) is 6. The summed E-state index contributed by atoms with van der Waals surface area (Å²) < 4.78 is 42.5. The first kappa shape index (κ1) is 24.3. The number of aliphatic carboxylic acids is 1. The van der Waals surface area contributed by atoms with Gasteiger partial charge in [0.05, 0.1) is 6.61 Å². The number of alkyl halides is 3. The van der Waals surface area contributed by atoms with Gasteiger partial charge in [-0.25, -0.2) is 9.59 Å². The molecule has 31 heavy (non-hydrogen) atoms. The molecule has 12 heteroatoms. The Bertz CT molecular complexity index is 892. The maximum atomic E-state index is 12.4. The summed E-state index contributed by atoms with van der Waals surface area (Å²) in [6, 6.07) is 5.88. The Kier molecular flexibility index (Phi) is 8.08. The first-order chi connectivity index (χ1) is 14.5. The Balaban J connectivity index is 0.000000423. The Hall–Kier alpha value is -3.02. The molecule has 0 atom stereocenters. The number of nitrogens with zero attached hydrogens (tertiary/aromatic N) is 3. The van der Waals surface area contributed by atoms with E-state index in [1.165, 1.54) is 0 Å². The van der Waals surface area contributed by atoms with Gasteiger partial charge in [0.15, 0.2) is 5.58 Å². The average molecular weight is 446 g/mol.